The number of ether oxygens (including phenoxy) is 2. The van der Waals surface area contributed by atoms with Crippen LogP contribution in [-0.4, -0.2) is 110 Å². The second-order valence-electron chi connectivity index (χ2n) is 17.6. The number of aromatic nitrogens is 2. The summed E-state index contributed by atoms with van der Waals surface area (Å²) in [6, 6.07) is 0.0811. The van der Waals surface area contributed by atoms with Gasteiger partial charge in [0.15, 0.2) is 0 Å². The molecular weight excluding hydrogens is 855 g/mol. The van der Waals surface area contributed by atoms with E-state index in [1.807, 2.05) is 0 Å². The van der Waals surface area contributed by atoms with Crippen LogP contribution in [0.2, 0.25) is 0 Å². The van der Waals surface area contributed by atoms with Crippen LogP contribution in [0.5, 0.6) is 11.6 Å². The number of rotatable bonds is 9. The normalized spacial score (nSPS) is 28.2. The maximum atomic E-state index is 15.0. The van der Waals surface area contributed by atoms with Gasteiger partial charge in [0.05, 0.1) is 28.9 Å². The summed E-state index contributed by atoms with van der Waals surface area (Å²) in [5.41, 5.74) is -6.87. The number of alkyl halides is 6. The van der Waals surface area contributed by atoms with E-state index in [0.717, 1.165) is 4.90 Å². The number of sulfonamides is 1. The maximum absolute atomic E-state index is 15.0. The molecule has 6 rings (SSSR count). The number of fused-ring (bicyclic) bond motifs is 3. The fourth-order valence-electron chi connectivity index (χ4n) is 8.28. The van der Waals surface area contributed by atoms with Gasteiger partial charge < -0.3 is 24.8 Å². The van der Waals surface area contributed by atoms with Gasteiger partial charge in [-0.05, 0) is 90.2 Å². The summed E-state index contributed by atoms with van der Waals surface area (Å²) in [5, 5.41) is 13.0. The van der Waals surface area contributed by atoms with Gasteiger partial charge >= 0.3 is 18.4 Å². The van der Waals surface area contributed by atoms with Gasteiger partial charge in [-0.15, -0.1) is 0 Å². The van der Waals surface area contributed by atoms with E-state index in [0.29, 0.717) is 26.7 Å². The molecule has 15 nitrogen and oxygen atoms in total. The third kappa shape index (κ3) is 8.97. The summed E-state index contributed by atoms with van der Waals surface area (Å²) in [5.74, 6) is -6.42. The Morgan fingerprint density at radius 3 is 2.34 bits per heavy atom. The molecule has 342 valence electrons. The minimum absolute atomic E-state index is 0.00440. The van der Waals surface area contributed by atoms with Crippen LogP contribution in [0.3, 0.4) is 0 Å². The number of carboxylic acid groups (broad SMARTS) is 1. The molecule has 62 heavy (non-hydrogen) atoms. The quantitative estimate of drug-likeness (QED) is 0.198. The summed E-state index contributed by atoms with van der Waals surface area (Å²) in [6.45, 7) is 6.93. The Hall–Kier alpha value is -4.89. The fourth-order valence-corrected chi connectivity index (χ4v) is 9.60. The molecule has 4 amide bonds. The Kier molecular flexibility index (Phi) is 12.3. The van der Waals surface area contributed by atoms with Gasteiger partial charge in [0.1, 0.15) is 35.0 Å². The zero-order valence-electron chi connectivity index (χ0n) is 34.9. The average Bonchev–Trinajstić information content (AvgIpc) is 4.03. The minimum atomic E-state index is -5.21. The van der Waals surface area contributed by atoms with Crippen molar-refractivity contribution in [1.82, 2.24) is 29.8 Å². The van der Waals surface area contributed by atoms with E-state index in [9.17, 15) is 59.0 Å². The molecule has 2 saturated carbocycles. The summed E-state index contributed by atoms with van der Waals surface area (Å²) >= 11 is 0. The molecule has 2 aromatic rings. The lowest BCUT2D eigenvalue weighted by atomic mass is 9.85. The lowest BCUT2D eigenvalue weighted by Gasteiger charge is -2.45. The number of carbonyl (C=O) groups is 4. The molecule has 3 fully saturated rings. The number of benzene rings is 1. The first-order valence-corrected chi connectivity index (χ1v) is 21.8. The van der Waals surface area contributed by atoms with Gasteiger partial charge in [-0.3, -0.25) is 24.0 Å². The molecule has 1 aromatic carbocycles. The van der Waals surface area contributed by atoms with Crippen LogP contribution in [-0.2, 0) is 30.6 Å². The van der Waals surface area contributed by atoms with E-state index in [1.54, 1.807) is 26.0 Å². The summed E-state index contributed by atoms with van der Waals surface area (Å²) in [7, 11) is -4.23. The van der Waals surface area contributed by atoms with E-state index in [-0.39, 0.29) is 59.9 Å². The van der Waals surface area contributed by atoms with Crippen LogP contribution in [0, 0.1) is 17.8 Å². The predicted octanol–water partition coefficient (Wildman–Crippen LogP) is 5.97. The van der Waals surface area contributed by atoms with Gasteiger partial charge in [0.25, 0.3) is 5.91 Å². The van der Waals surface area contributed by atoms with Crippen molar-refractivity contribution in [2.75, 3.05) is 13.2 Å². The van der Waals surface area contributed by atoms with Crippen molar-refractivity contribution in [3.8, 4) is 11.6 Å². The largest absolute Gasteiger partial charge is 0.494 e. The Labute approximate surface area is 354 Å². The second-order valence-corrected chi connectivity index (χ2v) is 19.8. The molecule has 0 spiro atoms. The predicted molar refractivity (Wildman–Crippen MR) is 209 cm³/mol. The standard InChI is InChI=1S/C40H50F6N6O9S/c1-7-60-24-12-13-26-27(17-24)48-32(30(47-26)39(41,42)43)61-25-18-28-31(53)49-38(34(55)50-62(58,59)37(6)14-15-37)19-23(38)11-9-8-10-21(2)16-22(3)29(33(54)51(28)20-25)52(35(56)57)36(4,5)40(44,45)46/h9,11-13,17,21-23,25,28-29H,7-8,10,14-16,18-20H2,1-6H3,(H,49,53)(H,50,55)(H,56,57)/t21-,22-,23-,25-,28+,29+,38-/m1/s1. The number of nitrogens with one attached hydrogen (secondary N) is 2. The number of allylic oxidation sites excluding steroid dienone is 1. The van der Waals surface area contributed by atoms with E-state index in [4.69, 9.17) is 9.47 Å². The molecule has 2 aliphatic carbocycles. The average molecular weight is 905 g/mol. The number of hydrogen-bond acceptors (Lipinski definition) is 10. The van der Waals surface area contributed by atoms with Crippen LogP contribution in [0.15, 0.2) is 30.4 Å². The molecule has 3 N–H and O–H groups in total. The van der Waals surface area contributed by atoms with Crippen molar-refractivity contribution < 1.29 is 68.5 Å². The molecule has 0 bridgehead atoms. The molecule has 22 heteroatoms. The first-order chi connectivity index (χ1) is 28.7. The van der Waals surface area contributed by atoms with Gasteiger partial charge in [-0.1, -0.05) is 26.0 Å². The molecule has 1 saturated heterocycles. The number of hydrogen-bond donors (Lipinski definition) is 3. The molecule has 7 atom stereocenters. The molecule has 3 heterocycles. The van der Waals surface area contributed by atoms with Gasteiger partial charge in [0.2, 0.25) is 33.4 Å². The lowest BCUT2D eigenvalue weighted by Crippen LogP contribution is -2.66. The van der Waals surface area contributed by atoms with E-state index in [1.165, 1.54) is 32.0 Å². The van der Waals surface area contributed by atoms with Crippen LogP contribution in [0.4, 0.5) is 31.1 Å². The van der Waals surface area contributed by atoms with E-state index < -0.39 is 117 Å². The highest BCUT2D eigenvalue weighted by Crippen LogP contribution is 2.48. The number of halogens is 6. The van der Waals surface area contributed by atoms with Crippen LogP contribution in [0.25, 0.3) is 11.0 Å². The summed E-state index contributed by atoms with van der Waals surface area (Å²) < 4.78 is 126. The third-order valence-corrected chi connectivity index (χ3v) is 14.6. The first-order valence-electron chi connectivity index (χ1n) is 20.3. The topological polar surface area (TPSA) is 197 Å². The van der Waals surface area contributed by atoms with Crippen molar-refractivity contribution in [3.05, 3.63) is 36.0 Å². The van der Waals surface area contributed by atoms with E-state index >= 15 is 0 Å². The van der Waals surface area contributed by atoms with Gasteiger partial charge in [-0.25, -0.2) is 23.2 Å². The Bertz CT molecular complexity index is 2250. The Morgan fingerprint density at radius 1 is 1.06 bits per heavy atom. The molecule has 0 unspecified atom stereocenters. The highest BCUT2D eigenvalue weighted by atomic mass is 32.2. The van der Waals surface area contributed by atoms with Crippen molar-refractivity contribution in [2.24, 2.45) is 17.8 Å². The summed E-state index contributed by atoms with van der Waals surface area (Å²) in [4.78, 5) is 64.9. The van der Waals surface area contributed by atoms with Crippen molar-refractivity contribution in [1.29, 1.82) is 0 Å². The zero-order chi connectivity index (χ0) is 46.0. The zero-order valence-corrected chi connectivity index (χ0v) is 35.7. The SMILES string of the molecule is CCOc1ccc2nc(C(F)(F)F)c(O[C@@H]3C[C@H]4C(=O)N[C@]5(C(=O)NS(=O)(=O)C6(C)CC6)C[C@H]5C=CCC[C@@H](C)C[C@@H](C)[C@H](N(C(=O)O)C(C)(C)C(F)(F)F)C(=O)N4C3)nc2c1. The molecular formula is C40H50F6N6O9S. The molecule has 0 radical (unpaired) electrons. The first kappa shape index (κ1) is 46.6. The highest BCUT2D eigenvalue weighted by molar-refractivity contribution is 7.91. The van der Waals surface area contributed by atoms with Crippen molar-refractivity contribution in [2.45, 2.75) is 133 Å². The lowest BCUT2D eigenvalue weighted by molar-refractivity contribution is -0.222. The Morgan fingerprint density at radius 2 is 1.74 bits per heavy atom. The molecule has 4 aliphatic rings. The Balaban J connectivity index is 1.45. The number of carbonyl (C=O) groups excluding carboxylic acids is 3. The van der Waals surface area contributed by atoms with E-state index in [2.05, 4.69) is 20.0 Å². The molecule has 1 aromatic heterocycles. The smallest absolute Gasteiger partial charge is 0.438 e. The van der Waals surface area contributed by atoms with Crippen LogP contribution in [0.1, 0.15) is 92.2 Å². The van der Waals surface area contributed by atoms with Crippen molar-refractivity contribution in [3.63, 3.8) is 0 Å². The maximum Gasteiger partial charge on any atom is 0.438 e. The van der Waals surface area contributed by atoms with Gasteiger partial charge in [-0.2, -0.15) is 26.3 Å². The highest BCUT2D eigenvalue weighted by Gasteiger charge is 2.64. The number of nitrogens with zero attached hydrogens (tertiary/aromatic N) is 4. The van der Waals surface area contributed by atoms with Gasteiger partial charge in [0, 0.05) is 18.4 Å². The monoisotopic (exact) mass is 904 g/mol. The van der Waals surface area contributed by atoms with Crippen LogP contribution < -0.4 is 19.5 Å². The molecule has 2 aliphatic heterocycles. The summed E-state index contributed by atoms with van der Waals surface area (Å²) in [6.07, 6.45) is -9.96. The third-order valence-electron chi connectivity index (χ3n) is 12.4. The van der Waals surface area contributed by atoms with Crippen molar-refractivity contribution >= 4 is 44.9 Å². The number of amides is 4. The fraction of sp³-hybridized carbons (Fsp3) is 0.650. The van der Waals surface area contributed by atoms with Crippen LogP contribution >= 0.6 is 0 Å². The minimum Gasteiger partial charge on any atom is -0.494 e. The second kappa shape index (κ2) is 16.3.